The topological polar surface area (TPSA) is 50.9 Å². The second-order valence-electron chi connectivity index (χ2n) is 4.03. The minimum Gasteiger partial charge on any atom is -0.396 e. The van der Waals surface area contributed by atoms with Crippen LogP contribution in [0.15, 0.2) is 12.3 Å². The molecule has 0 atom stereocenters. The summed E-state index contributed by atoms with van der Waals surface area (Å²) in [7, 11) is 0. The highest BCUT2D eigenvalue weighted by atomic mass is 35.5. The van der Waals surface area contributed by atoms with Gasteiger partial charge in [-0.3, -0.25) is 0 Å². The molecule has 1 saturated heterocycles. The molecule has 0 spiro atoms. The number of nitrogens with zero attached hydrogens (tertiary/aromatic N) is 1. The van der Waals surface area contributed by atoms with Gasteiger partial charge in [0.15, 0.2) is 0 Å². The molecule has 1 fully saturated rings. The predicted octanol–water partition coefficient (Wildman–Crippen LogP) is 2.87. The van der Waals surface area contributed by atoms with Crippen LogP contribution in [0.25, 0.3) is 0 Å². The Morgan fingerprint density at radius 1 is 1.50 bits per heavy atom. The Balaban J connectivity index is 1.88. The van der Waals surface area contributed by atoms with Gasteiger partial charge in [-0.1, -0.05) is 11.6 Å². The summed E-state index contributed by atoms with van der Waals surface area (Å²) in [4.78, 5) is 4.19. The standard InChI is InChI=1S/C11H16ClN3S/c12-9-5-10(13)11(15-7-9)14-6-8-1-3-16-4-2-8/h5,7-8H,1-4,6,13H2,(H,14,15). The fraction of sp³-hybridized carbons (Fsp3) is 0.545. The molecule has 0 unspecified atom stereocenters. The first kappa shape index (κ1) is 11.9. The molecule has 1 aliphatic rings. The summed E-state index contributed by atoms with van der Waals surface area (Å²) >= 11 is 7.83. The second kappa shape index (κ2) is 5.64. The van der Waals surface area contributed by atoms with Crippen molar-refractivity contribution in [3.63, 3.8) is 0 Å². The zero-order valence-corrected chi connectivity index (χ0v) is 10.7. The summed E-state index contributed by atoms with van der Waals surface area (Å²) in [5.41, 5.74) is 6.45. The highest BCUT2D eigenvalue weighted by molar-refractivity contribution is 7.99. The zero-order chi connectivity index (χ0) is 11.4. The van der Waals surface area contributed by atoms with Crippen molar-refractivity contribution in [1.29, 1.82) is 0 Å². The van der Waals surface area contributed by atoms with Gasteiger partial charge in [-0.2, -0.15) is 11.8 Å². The largest absolute Gasteiger partial charge is 0.396 e. The molecule has 16 heavy (non-hydrogen) atoms. The van der Waals surface area contributed by atoms with E-state index in [4.69, 9.17) is 17.3 Å². The number of nitrogens with two attached hydrogens (primary N) is 1. The number of hydrogen-bond acceptors (Lipinski definition) is 4. The first-order chi connectivity index (χ1) is 7.75. The number of thioether (sulfide) groups is 1. The van der Waals surface area contributed by atoms with Crippen molar-refractivity contribution in [2.75, 3.05) is 29.1 Å². The van der Waals surface area contributed by atoms with Crippen molar-refractivity contribution < 1.29 is 0 Å². The Kier molecular flexibility index (Phi) is 4.18. The lowest BCUT2D eigenvalue weighted by Gasteiger charge is -2.22. The van der Waals surface area contributed by atoms with Crippen LogP contribution < -0.4 is 11.1 Å². The first-order valence-corrected chi connectivity index (χ1v) is 7.01. The van der Waals surface area contributed by atoms with Crippen molar-refractivity contribution in [3.8, 4) is 0 Å². The third-order valence-corrected chi connectivity index (χ3v) is 4.04. The van der Waals surface area contributed by atoms with E-state index in [1.165, 1.54) is 24.3 Å². The predicted molar refractivity (Wildman–Crippen MR) is 72.2 cm³/mol. The smallest absolute Gasteiger partial charge is 0.149 e. The Labute approximate surface area is 105 Å². The first-order valence-electron chi connectivity index (χ1n) is 5.48. The molecule has 0 radical (unpaired) electrons. The molecule has 3 N–H and O–H groups in total. The molecule has 3 nitrogen and oxygen atoms in total. The minimum absolute atomic E-state index is 0.581. The monoisotopic (exact) mass is 257 g/mol. The average Bonchev–Trinajstić information content (AvgIpc) is 2.29. The molecule has 88 valence electrons. The Bertz CT molecular complexity index is 353. The van der Waals surface area contributed by atoms with Gasteiger partial charge in [-0.05, 0) is 36.3 Å². The van der Waals surface area contributed by atoms with Gasteiger partial charge in [-0.15, -0.1) is 0 Å². The van der Waals surface area contributed by atoms with Crippen LogP contribution in [-0.4, -0.2) is 23.0 Å². The van der Waals surface area contributed by atoms with E-state index in [1.54, 1.807) is 12.3 Å². The maximum atomic E-state index is 5.82. The van der Waals surface area contributed by atoms with E-state index in [9.17, 15) is 0 Å². The van der Waals surface area contributed by atoms with Crippen molar-refractivity contribution in [2.45, 2.75) is 12.8 Å². The van der Waals surface area contributed by atoms with E-state index in [0.29, 0.717) is 10.7 Å². The molecule has 1 aliphatic heterocycles. The number of nitrogen functional groups attached to an aromatic ring is 1. The Morgan fingerprint density at radius 2 is 2.25 bits per heavy atom. The van der Waals surface area contributed by atoms with Crippen molar-refractivity contribution in [1.82, 2.24) is 4.98 Å². The molecule has 2 rings (SSSR count). The van der Waals surface area contributed by atoms with Crippen LogP contribution in [0.2, 0.25) is 5.02 Å². The zero-order valence-electron chi connectivity index (χ0n) is 9.08. The fourth-order valence-corrected chi connectivity index (χ4v) is 3.16. The summed E-state index contributed by atoms with van der Waals surface area (Å²) < 4.78 is 0. The van der Waals surface area contributed by atoms with Gasteiger partial charge in [0.05, 0.1) is 10.7 Å². The maximum Gasteiger partial charge on any atom is 0.149 e. The molecule has 0 aromatic carbocycles. The SMILES string of the molecule is Nc1cc(Cl)cnc1NCC1CCSCC1. The van der Waals surface area contributed by atoms with E-state index >= 15 is 0 Å². The van der Waals surface area contributed by atoms with Crippen LogP contribution >= 0.6 is 23.4 Å². The Hall–Kier alpha value is -0.610. The van der Waals surface area contributed by atoms with Gasteiger partial charge >= 0.3 is 0 Å². The van der Waals surface area contributed by atoms with Crippen molar-refractivity contribution in [3.05, 3.63) is 17.3 Å². The molecule has 0 aliphatic carbocycles. The molecule has 5 heteroatoms. The molecular formula is C11H16ClN3S. The maximum absolute atomic E-state index is 5.82. The minimum atomic E-state index is 0.581. The lowest BCUT2D eigenvalue weighted by molar-refractivity contribution is 0.515. The number of aromatic nitrogens is 1. The van der Waals surface area contributed by atoms with Gasteiger partial charge in [0, 0.05) is 12.7 Å². The van der Waals surface area contributed by atoms with Gasteiger partial charge in [0.25, 0.3) is 0 Å². The van der Waals surface area contributed by atoms with E-state index in [2.05, 4.69) is 10.3 Å². The summed E-state index contributed by atoms with van der Waals surface area (Å²) in [5.74, 6) is 4.05. The molecule has 1 aromatic heterocycles. The van der Waals surface area contributed by atoms with Gasteiger partial charge in [-0.25, -0.2) is 4.98 Å². The third kappa shape index (κ3) is 3.19. The lowest BCUT2D eigenvalue weighted by atomic mass is 10.0. The van der Waals surface area contributed by atoms with Crippen molar-refractivity contribution in [2.24, 2.45) is 5.92 Å². The molecule has 1 aromatic rings. The quantitative estimate of drug-likeness (QED) is 0.874. The summed E-state index contributed by atoms with van der Waals surface area (Å²) in [6.45, 7) is 0.958. The molecule has 0 amide bonds. The fourth-order valence-electron chi connectivity index (χ4n) is 1.79. The molecule has 2 heterocycles. The van der Waals surface area contributed by atoms with E-state index < -0.39 is 0 Å². The number of halogens is 1. The third-order valence-electron chi connectivity index (χ3n) is 2.78. The van der Waals surface area contributed by atoms with Crippen LogP contribution in [0.3, 0.4) is 0 Å². The van der Waals surface area contributed by atoms with Crippen LogP contribution in [0.4, 0.5) is 11.5 Å². The van der Waals surface area contributed by atoms with E-state index in [1.807, 2.05) is 11.8 Å². The van der Waals surface area contributed by atoms with Crippen LogP contribution in [0, 0.1) is 5.92 Å². The lowest BCUT2D eigenvalue weighted by Crippen LogP contribution is -2.20. The van der Waals surface area contributed by atoms with Gasteiger partial charge < -0.3 is 11.1 Å². The summed E-state index contributed by atoms with van der Waals surface area (Å²) in [5, 5.41) is 3.89. The van der Waals surface area contributed by atoms with E-state index in [0.717, 1.165) is 18.3 Å². The number of pyridine rings is 1. The number of nitrogens with one attached hydrogen (secondary N) is 1. The molecular weight excluding hydrogens is 242 g/mol. The second-order valence-corrected chi connectivity index (χ2v) is 5.69. The Morgan fingerprint density at radius 3 is 2.94 bits per heavy atom. The number of hydrogen-bond donors (Lipinski definition) is 2. The van der Waals surface area contributed by atoms with E-state index in [-0.39, 0.29) is 0 Å². The van der Waals surface area contributed by atoms with Gasteiger partial charge in [0.2, 0.25) is 0 Å². The van der Waals surface area contributed by atoms with Gasteiger partial charge in [0.1, 0.15) is 5.82 Å². The summed E-state index contributed by atoms with van der Waals surface area (Å²) in [6.07, 6.45) is 4.19. The normalized spacial score (nSPS) is 17.3. The average molecular weight is 258 g/mol. The highest BCUT2D eigenvalue weighted by Gasteiger charge is 2.13. The molecule has 0 bridgehead atoms. The van der Waals surface area contributed by atoms with Crippen LogP contribution in [-0.2, 0) is 0 Å². The molecule has 0 saturated carbocycles. The van der Waals surface area contributed by atoms with Crippen LogP contribution in [0.5, 0.6) is 0 Å². The number of rotatable bonds is 3. The van der Waals surface area contributed by atoms with Crippen molar-refractivity contribution >= 4 is 34.9 Å². The van der Waals surface area contributed by atoms with Crippen LogP contribution in [0.1, 0.15) is 12.8 Å². The summed E-state index contributed by atoms with van der Waals surface area (Å²) in [6, 6.07) is 1.73. The number of anilines is 2. The highest BCUT2D eigenvalue weighted by Crippen LogP contribution is 2.24.